The molecule has 0 N–H and O–H groups in total. The molecule has 1 aromatic rings. The molecule has 0 saturated heterocycles. The van der Waals surface area contributed by atoms with Crippen molar-refractivity contribution in [2.75, 3.05) is 0 Å². The second kappa shape index (κ2) is 5.02. The molecule has 0 bridgehead atoms. The van der Waals surface area contributed by atoms with E-state index >= 15 is 0 Å². The Labute approximate surface area is 111 Å². The van der Waals surface area contributed by atoms with E-state index in [1.165, 1.54) is 16.7 Å². The highest BCUT2D eigenvalue weighted by Gasteiger charge is 2.20. The summed E-state index contributed by atoms with van der Waals surface area (Å²) in [5.41, 5.74) is 4.12. The third kappa shape index (κ3) is 3.25. The van der Waals surface area contributed by atoms with Crippen LogP contribution in [0.15, 0.2) is 12.1 Å². The molecule has 96 valence electrons. The minimum absolute atomic E-state index is 0.178. The van der Waals surface area contributed by atoms with E-state index in [0.29, 0.717) is 11.8 Å². The second-order valence-electron chi connectivity index (χ2n) is 6.53. The van der Waals surface area contributed by atoms with Crippen molar-refractivity contribution in [2.24, 2.45) is 0 Å². The SMILES string of the molecule is CC(C)c1cc(C(C)(C)C)cc(C(C)C)c1Cl. The zero-order valence-corrected chi connectivity index (χ0v) is 12.9. The first-order valence-corrected chi connectivity index (χ1v) is 6.86. The fraction of sp³-hybridized carbons (Fsp3) is 0.625. The second-order valence-corrected chi connectivity index (χ2v) is 6.91. The molecule has 0 aromatic heterocycles. The van der Waals surface area contributed by atoms with Gasteiger partial charge in [0.1, 0.15) is 0 Å². The standard InChI is InChI=1S/C16H25Cl/c1-10(2)13-8-12(16(5,6)7)9-14(11(3)4)15(13)17/h8-11H,1-7H3. The lowest BCUT2D eigenvalue weighted by Crippen LogP contribution is -2.13. The van der Waals surface area contributed by atoms with Crippen LogP contribution in [0.5, 0.6) is 0 Å². The van der Waals surface area contributed by atoms with Crippen molar-refractivity contribution >= 4 is 11.6 Å². The quantitative estimate of drug-likeness (QED) is 0.616. The average Bonchev–Trinajstić information content (AvgIpc) is 2.14. The molecule has 0 heterocycles. The maximum Gasteiger partial charge on any atom is 0.0475 e. The topological polar surface area (TPSA) is 0 Å². The molecule has 1 aromatic carbocycles. The lowest BCUT2D eigenvalue weighted by atomic mass is 9.82. The number of hydrogen-bond donors (Lipinski definition) is 0. The van der Waals surface area contributed by atoms with Crippen LogP contribution in [0.2, 0.25) is 5.02 Å². The van der Waals surface area contributed by atoms with Gasteiger partial charge < -0.3 is 0 Å². The Hall–Kier alpha value is -0.490. The highest BCUT2D eigenvalue weighted by Crippen LogP contribution is 2.36. The molecular formula is C16H25Cl. The molecule has 0 aliphatic rings. The van der Waals surface area contributed by atoms with Crippen LogP contribution in [0, 0.1) is 0 Å². The van der Waals surface area contributed by atoms with E-state index in [1.807, 2.05) is 0 Å². The summed E-state index contributed by atoms with van der Waals surface area (Å²) in [7, 11) is 0. The van der Waals surface area contributed by atoms with Crippen molar-refractivity contribution in [2.45, 2.75) is 65.7 Å². The molecule has 17 heavy (non-hydrogen) atoms. The number of benzene rings is 1. The zero-order chi connectivity index (χ0) is 13.4. The van der Waals surface area contributed by atoms with Crippen molar-refractivity contribution in [1.82, 2.24) is 0 Å². The van der Waals surface area contributed by atoms with Gasteiger partial charge in [-0.3, -0.25) is 0 Å². The van der Waals surface area contributed by atoms with Crippen molar-refractivity contribution in [3.8, 4) is 0 Å². The largest absolute Gasteiger partial charge is 0.0837 e. The molecule has 0 saturated carbocycles. The Morgan fingerprint density at radius 2 is 1.24 bits per heavy atom. The van der Waals surface area contributed by atoms with Crippen LogP contribution in [0.1, 0.15) is 77.0 Å². The van der Waals surface area contributed by atoms with Crippen LogP contribution >= 0.6 is 11.6 Å². The van der Waals surface area contributed by atoms with Gasteiger partial charge >= 0.3 is 0 Å². The Morgan fingerprint density at radius 1 is 0.882 bits per heavy atom. The molecule has 0 atom stereocenters. The minimum Gasteiger partial charge on any atom is -0.0837 e. The van der Waals surface area contributed by atoms with E-state index in [9.17, 15) is 0 Å². The molecule has 0 radical (unpaired) electrons. The summed E-state index contributed by atoms with van der Waals surface area (Å²) in [6.45, 7) is 15.6. The predicted octanol–water partition coefficient (Wildman–Crippen LogP) is 5.88. The Bertz CT molecular complexity index is 365. The van der Waals surface area contributed by atoms with Gasteiger partial charge in [-0.05, 0) is 33.9 Å². The molecule has 0 nitrogen and oxygen atoms in total. The van der Waals surface area contributed by atoms with Crippen molar-refractivity contribution in [3.63, 3.8) is 0 Å². The van der Waals surface area contributed by atoms with Gasteiger partial charge in [0.05, 0.1) is 0 Å². The van der Waals surface area contributed by atoms with Gasteiger partial charge in [0.25, 0.3) is 0 Å². The maximum absolute atomic E-state index is 6.52. The Kier molecular flexibility index (Phi) is 4.30. The number of rotatable bonds is 2. The molecule has 0 spiro atoms. The minimum atomic E-state index is 0.178. The first-order chi connectivity index (χ1) is 7.64. The third-order valence-electron chi connectivity index (χ3n) is 3.24. The summed E-state index contributed by atoms with van der Waals surface area (Å²) >= 11 is 6.52. The molecule has 0 aliphatic carbocycles. The Balaban J connectivity index is 3.48. The lowest BCUT2D eigenvalue weighted by Gasteiger charge is -2.24. The van der Waals surface area contributed by atoms with E-state index in [2.05, 4.69) is 60.6 Å². The van der Waals surface area contributed by atoms with Crippen LogP contribution < -0.4 is 0 Å². The third-order valence-corrected chi connectivity index (χ3v) is 3.68. The smallest absolute Gasteiger partial charge is 0.0475 e. The van der Waals surface area contributed by atoms with Crippen LogP contribution in [0.25, 0.3) is 0 Å². The normalized spacial score (nSPS) is 12.6. The molecule has 0 fully saturated rings. The van der Waals surface area contributed by atoms with Gasteiger partial charge in [-0.1, -0.05) is 72.2 Å². The molecular weight excluding hydrogens is 228 g/mol. The van der Waals surface area contributed by atoms with E-state index < -0.39 is 0 Å². The van der Waals surface area contributed by atoms with Gasteiger partial charge in [-0.2, -0.15) is 0 Å². The van der Waals surface area contributed by atoms with Crippen molar-refractivity contribution in [3.05, 3.63) is 33.8 Å². The monoisotopic (exact) mass is 252 g/mol. The highest BCUT2D eigenvalue weighted by molar-refractivity contribution is 6.32. The van der Waals surface area contributed by atoms with Crippen LogP contribution in [0.3, 0.4) is 0 Å². The zero-order valence-electron chi connectivity index (χ0n) is 12.2. The van der Waals surface area contributed by atoms with Crippen LogP contribution in [-0.2, 0) is 5.41 Å². The van der Waals surface area contributed by atoms with Gasteiger partial charge in [0.15, 0.2) is 0 Å². The summed E-state index contributed by atoms with van der Waals surface area (Å²) in [5.74, 6) is 0.949. The summed E-state index contributed by atoms with van der Waals surface area (Å²) in [5, 5.41) is 0.961. The molecule has 0 aliphatic heterocycles. The summed E-state index contributed by atoms with van der Waals surface area (Å²) in [6.07, 6.45) is 0. The maximum atomic E-state index is 6.52. The van der Waals surface area contributed by atoms with Crippen molar-refractivity contribution < 1.29 is 0 Å². The average molecular weight is 253 g/mol. The molecule has 0 amide bonds. The lowest BCUT2D eigenvalue weighted by molar-refractivity contribution is 0.586. The van der Waals surface area contributed by atoms with E-state index in [-0.39, 0.29) is 5.41 Å². The summed E-state index contributed by atoms with van der Waals surface area (Å²) < 4.78 is 0. The Morgan fingerprint density at radius 3 is 1.47 bits per heavy atom. The number of hydrogen-bond acceptors (Lipinski definition) is 0. The van der Waals surface area contributed by atoms with Gasteiger partial charge in [0.2, 0.25) is 0 Å². The van der Waals surface area contributed by atoms with E-state index in [0.717, 1.165) is 5.02 Å². The number of halogens is 1. The first-order valence-electron chi connectivity index (χ1n) is 6.48. The van der Waals surface area contributed by atoms with Gasteiger partial charge in [0, 0.05) is 5.02 Å². The summed E-state index contributed by atoms with van der Waals surface area (Å²) in [4.78, 5) is 0. The fourth-order valence-corrected chi connectivity index (χ4v) is 2.49. The fourth-order valence-electron chi connectivity index (χ4n) is 1.94. The molecule has 0 unspecified atom stereocenters. The molecule has 1 rings (SSSR count). The predicted molar refractivity (Wildman–Crippen MR) is 78.3 cm³/mol. The van der Waals surface area contributed by atoms with Gasteiger partial charge in [-0.15, -0.1) is 0 Å². The van der Waals surface area contributed by atoms with E-state index in [1.54, 1.807) is 0 Å². The first kappa shape index (κ1) is 14.6. The van der Waals surface area contributed by atoms with E-state index in [4.69, 9.17) is 11.6 Å². The highest BCUT2D eigenvalue weighted by atomic mass is 35.5. The summed E-state index contributed by atoms with van der Waals surface area (Å²) in [6, 6.07) is 4.55. The molecule has 1 heteroatoms. The van der Waals surface area contributed by atoms with Gasteiger partial charge in [-0.25, -0.2) is 0 Å². The van der Waals surface area contributed by atoms with Crippen molar-refractivity contribution in [1.29, 1.82) is 0 Å². The van der Waals surface area contributed by atoms with Crippen LogP contribution in [0.4, 0.5) is 0 Å². The van der Waals surface area contributed by atoms with Crippen LogP contribution in [-0.4, -0.2) is 0 Å².